The molecule has 0 spiro atoms. The van der Waals surface area contributed by atoms with Crippen LogP contribution in [-0.4, -0.2) is 22.6 Å². The highest BCUT2D eigenvalue weighted by atomic mass is 16.2. The molecule has 1 amide bonds. The van der Waals surface area contributed by atoms with Gasteiger partial charge in [-0.25, -0.2) is 4.98 Å². The first-order chi connectivity index (χ1) is 9.79. The molecule has 1 heterocycles. The summed E-state index contributed by atoms with van der Waals surface area (Å²) in [6.07, 6.45) is 4.10. The van der Waals surface area contributed by atoms with Crippen molar-refractivity contribution in [3.05, 3.63) is 23.9 Å². The van der Waals surface area contributed by atoms with E-state index in [1.54, 1.807) is 12.1 Å². The lowest BCUT2D eigenvalue weighted by molar-refractivity contribution is -0.118. The number of aliphatic hydroxyl groups is 1. The van der Waals surface area contributed by atoms with Crippen LogP contribution in [0.15, 0.2) is 18.2 Å². The molecule has 0 aliphatic heterocycles. The molecule has 0 aromatic carbocycles. The van der Waals surface area contributed by atoms with E-state index in [0.717, 1.165) is 0 Å². The number of aromatic nitrogens is 1. The molecule has 4 heteroatoms. The Bertz CT molecular complexity index is 563. The predicted octanol–water partition coefficient (Wildman–Crippen LogP) is 1.80. The van der Waals surface area contributed by atoms with Gasteiger partial charge in [-0.3, -0.25) is 4.79 Å². The van der Waals surface area contributed by atoms with Crippen molar-refractivity contribution in [1.29, 1.82) is 0 Å². The zero-order valence-corrected chi connectivity index (χ0v) is 11.3. The first-order valence-corrected chi connectivity index (χ1v) is 7.17. The standard InChI is InChI=1S/C16H18N2O2/c19-10-2-1-5-11-6-3-9-14(17-11)18-16(20)15-12-7-4-8-13(12)15/h3,6,9,12-13,15,19H,2,4,7-8,10H2,(H,17,18,20). The van der Waals surface area contributed by atoms with Gasteiger partial charge < -0.3 is 10.4 Å². The maximum absolute atomic E-state index is 12.1. The van der Waals surface area contributed by atoms with Crippen LogP contribution in [0.25, 0.3) is 0 Å². The average Bonchev–Trinajstić information content (AvgIpc) is 2.94. The van der Waals surface area contributed by atoms with E-state index in [2.05, 4.69) is 22.1 Å². The monoisotopic (exact) mass is 270 g/mol. The molecule has 2 fully saturated rings. The number of pyridine rings is 1. The maximum atomic E-state index is 12.1. The van der Waals surface area contributed by atoms with Crippen molar-refractivity contribution in [3.8, 4) is 11.8 Å². The number of aliphatic hydroxyl groups excluding tert-OH is 1. The lowest BCUT2D eigenvalue weighted by atomic mass is 10.1. The fraction of sp³-hybridized carbons (Fsp3) is 0.500. The van der Waals surface area contributed by atoms with Crippen LogP contribution in [0.4, 0.5) is 5.82 Å². The fourth-order valence-corrected chi connectivity index (χ4v) is 3.20. The van der Waals surface area contributed by atoms with Crippen LogP contribution in [-0.2, 0) is 4.79 Å². The molecule has 104 valence electrons. The number of carbonyl (C=O) groups is 1. The molecule has 1 aromatic rings. The minimum Gasteiger partial charge on any atom is -0.395 e. The fourth-order valence-electron chi connectivity index (χ4n) is 3.20. The van der Waals surface area contributed by atoms with Gasteiger partial charge in [-0.2, -0.15) is 0 Å². The van der Waals surface area contributed by atoms with Crippen LogP contribution >= 0.6 is 0 Å². The van der Waals surface area contributed by atoms with E-state index in [1.807, 2.05) is 6.07 Å². The molecule has 2 atom stereocenters. The van der Waals surface area contributed by atoms with Crippen LogP contribution in [0.2, 0.25) is 0 Å². The number of amides is 1. The van der Waals surface area contributed by atoms with Crippen molar-refractivity contribution in [2.75, 3.05) is 11.9 Å². The summed E-state index contributed by atoms with van der Waals surface area (Å²) in [6, 6.07) is 5.42. The Kier molecular flexibility index (Phi) is 3.70. The topological polar surface area (TPSA) is 62.2 Å². The quantitative estimate of drug-likeness (QED) is 0.823. The molecule has 1 aromatic heterocycles. The largest absolute Gasteiger partial charge is 0.395 e. The summed E-state index contributed by atoms with van der Waals surface area (Å²) in [5, 5.41) is 11.6. The van der Waals surface area contributed by atoms with E-state index in [4.69, 9.17) is 5.11 Å². The molecule has 20 heavy (non-hydrogen) atoms. The summed E-state index contributed by atoms with van der Waals surface area (Å²) in [7, 11) is 0. The Morgan fingerprint density at radius 1 is 1.40 bits per heavy atom. The van der Waals surface area contributed by atoms with Gasteiger partial charge in [-0.15, -0.1) is 0 Å². The number of anilines is 1. The molecular formula is C16H18N2O2. The third-order valence-corrected chi connectivity index (χ3v) is 4.16. The summed E-state index contributed by atoms with van der Waals surface area (Å²) in [5.41, 5.74) is 0.618. The van der Waals surface area contributed by atoms with E-state index in [0.29, 0.717) is 29.8 Å². The first-order valence-electron chi connectivity index (χ1n) is 7.17. The van der Waals surface area contributed by atoms with Crippen LogP contribution in [0.5, 0.6) is 0 Å². The Balaban J connectivity index is 1.62. The van der Waals surface area contributed by atoms with Gasteiger partial charge in [-0.05, 0) is 42.7 Å². The van der Waals surface area contributed by atoms with Gasteiger partial charge in [0, 0.05) is 12.3 Å². The van der Waals surface area contributed by atoms with Crippen LogP contribution in [0, 0.1) is 29.6 Å². The highest BCUT2D eigenvalue weighted by molar-refractivity contribution is 5.94. The third kappa shape index (κ3) is 2.68. The van der Waals surface area contributed by atoms with Crippen LogP contribution in [0.1, 0.15) is 31.4 Å². The van der Waals surface area contributed by atoms with Gasteiger partial charge in [0.15, 0.2) is 0 Å². The Labute approximate surface area is 118 Å². The van der Waals surface area contributed by atoms with Crippen molar-refractivity contribution in [1.82, 2.24) is 4.98 Å². The van der Waals surface area contributed by atoms with Gasteiger partial charge >= 0.3 is 0 Å². The first kappa shape index (κ1) is 13.1. The highest BCUT2D eigenvalue weighted by Crippen LogP contribution is 2.57. The maximum Gasteiger partial charge on any atom is 0.229 e. The number of hydrogen-bond donors (Lipinski definition) is 2. The number of nitrogens with zero attached hydrogens (tertiary/aromatic N) is 1. The minimum absolute atomic E-state index is 0.0495. The van der Waals surface area contributed by atoms with Crippen molar-refractivity contribution in [2.24, 2.45) is 17.8 Å². The van der Waals surface area contributed by atoms with Gasteiger partial charge in [0.2, 0.25) is 5.91 Å². The summed E-state index contributed by atoms with van der Waals surface area (Å²) in [5.74, 6) is 7.80. The zero-order chi connectivity index (χ0) is 13.9. The Morgan fingerprint density at radius 2 is 2.20 bits per heavy atom. The van der Waals surface area contributed by atoms with Gasteiger partial charge in [-0.1, -0.05) is 18.4 Å². The summed E-state index contributed by atoms with van der Waals surface area (Å²) < 4.78 is 0. The third-order valence-electron chi connectivity index (χ3n) is 4.16. The molecule has 2 N–H and O–H groups in total. The smallest absolute Gasteiger partial charge is 0.229 e. The van der Waals surface area contributed by atoms with Gasteiger partial charge in [0.05, 0.1) is 6.61 Å². The molecule has 2 aliphatic rings. The molecule has 0 bridgehead atoms. The number of carbonyl (C=O) groups excluding carboxylic acids is 1. The predicted molar refractivity (Wildman–Crippen MR) is 75.8 cm³/mol. The van der Waals surface area contributed by atoms with E-state index in [1.165, 1.54) is 19.3 Å². The van der Waals surface area contributed by atoms with Crippen LogP contribution in [0.3, 0.4) is 0 Å². The normalized spacial score (nSPS) is 26.4. The second-order valence-electron chi connectivity index (χ2n) is 5.46. The van der Waals surface area contributed by atoms with Crippen molar-refractivity contribution in [2.45, 2.75) is 25.7 Å². The molecule has 2 unspecified atom stereocenters. The number of hydrogen-bond acceptors (Lipinski definition) is 3. The van der Waals surface area contributed by atoms with Crippen molar-refractivity contribution >= 4 is 11.7 Å². The van der Waals surface area contributed by atoms with E-state index in [-0.39, 0.29) is 18.4 Å². The molecule has 0 radical (unpaired) electrons. The molecule has 4 nitrogen and oxygen atoms in total. The van der Waals surface area contributed by atoms with Gasteiger partial charge in [0.1, 0.15) is 11.5 Å². The molecular weight excluding hydrogens is 252 g/mol. The summed E-state index contributed by atoms with van der Waals surface area (Å²) in [4.78, 5) is 16.4. The Morgan fingerprint density at radius 3 is 2.95 bits per heavy atom. The molecule has 3 rings (SSSR count). The second kappa shape index (κ2) is 5.64. The van der Waals surface area contributed by atoms with Crippen LogP contribution < -0.4 is 5.32 Å². The lowest BCUT2D eigenvalue weighted by Gasteiger charge is -2.06. The van der Waals surface area contributed by atoms with Crippen molar-refractivity contribution < 1.29 is 9.90 Å². The number of rotatable bonds is 3. The average molecular weight is 270 g/mol. The zero-order valence-electron chi connectivity index (χ0n) is 11.3. The summed E-state index contributed by atoms with van der Waals surface area (Å²) >= 11 is 0. The minimum atomic E-state index is 0.0495. The highest BCUT2D eigenvalue weighted by Gasteiger charge is 2.56. The summed E-state index contributed by atoms with van der Waals surface area (Å²) in [6.45, 7) is 0.0495. The van der Waals surface area contributed by atoms with E-state index < -0.39 is 0 Å². The number of fused-ring (bicyclic) bond motifs is 1. The van der Waals surface area contributed by atoms with Gasteiger partial charge in [0.25, 0.3) is 0 Å². The van der Waals surface area contributed by atoms with E-state index >= 15 is 0 Å². The Hall–Kier alpha value is -1.86. The molecule has 2 saturated carbocycles. The van der Waals surface area contributed by atoms with Crippen molar-refractivity contribution in [3.63, 3.8) is 0 Å². The SMILES string of the molecule is O=C(Nc1cccc(C#CCCO)n1)C1C2CCCC21. The number of nitrogens with one attached hydrogen (secondary N) is 1. The lowest BCUT2D eigenvalue weighted by Crippen LogP contribution is -2.17. The van der Waals surface area contributed by atoms with E-state index in [9.17, 15) is 4.79 Å². The second-order valence-corrected chi connectivity index (χ2v) is 5.46. The molecule has 2 aliphatic carbocycles. The molecule has 0 saturated heterocycles.